The third-order valence-corrected chi connectivity index (χ3v) is 5.86. The van der Waals surface area contributed by atoms with E-state index in [1.807, 2.05) is 11.0 Å². The molecule has 2 heterocycles. The largest absolute Gasteiger partial charge is 0.351 e. The number of hydrogen-bond donors (Lipinski definition) is 1. The van der Waals surface area contributed by atoms with Crippen LogP contribution in [0.3, 0.4) is 0 Å². The van der Waals surface area contributed by atoms with Crippen molar-refractivity contribution >= 4 is 47.5 Å². The van der Waals surface area contributed by atoms with Gasteiger partial charge < -0.3 is 20.4 Å². The number of piperazine rings is 1. The zero-order valence-electron chi connectivity index (χ0n) is 15.1. The summed E-state index contributed by atoms with van der Waals surface area (Å²) in [5.41, 5.74) is 6.29. The molecule has 0 spiro atoms. The number of hydrogen-bond acceptors (Lipinski definition) is 3. The minimum atomic E-state index is -0.423. The average Bonchev–Trinajstić information content (AvgIpc) is 3.11. The summed E-state index contributed by atoms with van der Waals surface area (Å²) in [6, 6.07) is 4.80. The molecule has 9 heteroatoms. The van der Waals surface area contributed by atoms with Gasteiger partial charge >= 0.3 is 6.03 Å². The van der Waals surface area contributed by atoms with Gasteiger partial charge in [0.2, 0.25) is 5.91 Å². The lowest BCUT2D eigenvalue weighted by Gasteiger charge is -2.42. The maximum atomic E-state index is 12.9. The number of rotatable bonds is 4. The molecule has 0 aromatic heterocycles. The van der Waals surface area contributed by atoms with Crippen LogP contribution < -0.4 is 5.73 Å². The lowest BCUT2D eigenvalue weighted by molar-refractivity contribution is -0.135. The number of carbonyl (C=O) groups is 2. The molecule has 2 aliphatic heterocycles. The highest BCUT2D eigenvalue weighted by molar-refractivity contribution is 6.42. The quantitative estimate of drug-likeness (QED) is 0.790. The molecular formula is C18H25Cl3N4O2. The van der Waals surface area contributed by atoms with E-state index in [0.29, 0.717) is 29.7 Å². The standard InChI is InChI=1S/C18H24Cl2N4O2.ClH/c19-15-4-3-13(9-16(15)20)10-17(25)24-8-7-23(18(21)26)12-14(24)11-22-5-1-2-6-22;/h3-4,9,14H,1-2,5-8,10-12H2,(H2,21,26);1H. The summed E-state index contributed by atoms with van der Waals surface area (Å²) in [5.74, 6) is 0.0386. The van der Waals surface area contributed by atoms with E-state index < -0.39 is 6.03 Å². The fourth-order valence-corrected chi connectivity index (χ4v) is 4.05. The predicted molar refractivity (Wildman–Crippen MR) is 110 cm³/mol. The summed E-state index contributed by atoms with van der Waals surface area (Å²) < 4.78 is 0. The van der Waals surface area contributed by atoms with Crippen LogP contribution in [0.4, 0.5) is 4.79 Å². The third-order valence-electron chi connectivity index (χ3n) is 5.12. The Morgan fingerprint density at radius 1 is 1.07 bits per heavy atom. The summed E-state index contributed by atoms with van der Waals surface area (Å²) in [4.78, 5) is 30.4. The van der Waals surface area contributed by atoms with Gasteiger partial charge in [-0.2, -0.15) is 0 Å². The van der Waals surface area contributed by atoms with Gasteiger partial charge in [0.05, 0.1) is 22.5 Å². The Bertz CT molecular complexity index is 683. The molecule has 2 fully saturated rings. The Labute approximate surface area is 176 Å². The van der Waals surface area contributed by atoms with E-state index >= 15 is 0 Å². The number of benzene rings is 1. The molecule has 0 saturated carbocycles. The number of nitrogens with two attached hydrogens (primary N) is 1. The first kappa shape index (κ1) is 22.1. The summed E-state index contributed by atoms with van der Waals surface area (Å²) in [6.07, 6.45) is 2.64. The molecule has 1 atom stereocenters. The van der Waals surface area contributed by atoms with E-state index in [1.54, 1.807) is 17.0 Å². The Morgan fingerprint density at radius 3 is 2.41 bits per heavy atom. The van der Waals surface area contributed by atoms with Gasteiger partial charge in [0.25, 0.3) is 0 Å². The van der Waals surface area contributed by atoms with Crippen LogP contribution in [0, 0.1) is 0 Å². The normalized spacial score (nSPS) is 20.4. The molecule has 27 heavy (non-hydrogen) atoms. The van der Waals surface area contributed by atoms with Gasteiger partial charge in [-0.3, -0.25) is 4.79 Å². The summed E-state index contributed by atoms with van der Waals surface area (Å²) in [6.45, 7) is 4.32. The van der Waals surface area contributed by atoms with Crippen LogP contribution in [0.5, 0.6) is 0 Å². The first-order valence-electron chi connectivity index (χ1n) is 8.94. The van der Waals surface area contributed by atoms with E-state index in [4.69, 9.17) is 28.9 Å². The Balaban J connectivity index is 0.00000261. The molecule has 0 bridgehead atoms. The van der Waals surface area contributed by atoms with E-state index in [-0.39, 0.29) is 30.8 Å². The first-order chi connectivity index (χ1) is 12.4. The van der Waals surface area contributed by atoms with Crippen LogP contribution in [0.1, 0.15) is 18.4 Å². The lowest BCUT2D eigenvalue weighted by atomic mass is 10.1. The van der Waals surface area contributed by atoms with Gasteiger partial charge in [-0.1, -0.05) is 29.3 Å². The van der Waals surface area contributed by atoms with Crippen molar-refractivity contribution in [2.75, 3.05) is 39.3 Å². The van der Waals surface area contributed by atoms with Crippen LogP contribution in [0.2, 0.25) is 10.0 Å². The van der Waals surface area contributed by atoms with E-state index in [1.165, 1.54) is 12.8 Å². The monoisotopic (exact) mass is 434 g/mol. The minimum absolute atomic E-state index is 0. The summed E-state index contributed by atoms with van der Waals surface area (Å²) in [5, 5.41) is 0.925. The SMILES string of the molecule is Cl.NC(=O)N1CCN(C(=O)Cc2ccc(Cl)c(Cl)c2)C(CN2CCCC2)C1. The maximum Gasteiger partial charge on any atom is 0.314 e. The number of carbonyl (C=O) groups excluding carboxylic acids is 2. The van der Waals surface area contributed by atoms with Crippen molar-refractivity contribution < 1.29 is 9.59 Å². The number of likely N-dealkylation sites (tertiary alicyclic amines) is 1. The number of amides is 3. The second-order valence-corrected chi connectivity index (χ2v) is 7.77. The van der Waals surface area contributed by atoms with Crippen molar-refractivity contribution in [3.63, 3.8) is 0 Å². The zero-order valence-corrected chi connectivity index (χ0v) is 17.4. The van der Waals surface area contributed by atoms with Gasteiger partial charge in [-0.05, 0) is 43.6 Å². The second-order valence-electron chi connectivity index (χ2n) is 6.96. The molecule has 2 N–H and O–H groups in total. The second kappa shape index (κ2) is 9.82. The van der Waals surface area contributed by atoms with Crippen molar-refractivity contribution in [3.8, 4) is 0 Å². The fraction of sp³-hybridized carbons (Fsp3) is 0.556. The average molecular weight is 436 g/mol. The number of urea groups is 1. The molecule has 3 amide bonds. The molecule has 1 aromatic rings. The maximum absolute atomic E-state index is 12.9. The van der Waals surface area contributed by atoms with E-state index in [0.717, 1.165) is 25.2 Å². The molecule has 6 nitrogen and oxygen atoms in total. The topological polar surface area (TPSA) is 69.9 Å². The van der Waals surface area contributed by atoms with Gasteiger partial charge in [0.15, 0.2) is 0 Å². The van der Waals surface area contributed by atoms with Gasteiger partial charge in [-0.25, -0.2) is 4.79 Å². The van der Waals surface area contributed by atoms with Crippen LogP contribution in [-0.4, -0.2) is 71.9 Å². The van der Waals surface area contributed by atoms with Crippen molar-refractivity contribution in [1.82, 2.24) is 14.7 Å². The number of nitrogens with zero attached hydrogens (tertiary/aromatic N) is 3. The van der Waals surface area contributed by atoms with Gasteiger partial charge in [0, 0.05) is 26.2 Å². The highest BCUT2D eigenvalue weighted by Gasteiger charge is 2.33. The highest BCUT2D eigenvalue weighted by atomic mass is 35.5. The number of halogens is 3. The van der Waals surface area contributed by atoms with Crippen molar-refractivity contribution in [1.29, 1.82) is 0 Å². The third kappa shape index (κ3) is 5.64. The van der Waals surface area contributed by atoms with Crippen LogP contribution in [-0.2, 0) is 11.2 Å². The Hall–Kier alpha value is -1.21. The first-order valence-corrected chi connectivity index (χ1v) is 9.70. The molecule has 0 radical (unpaired) electrons. The van der Waals surface area contributed by atoms with Gasteiger partial charge in [0.1, 0.15) is 0 Å². The van der Waals surface area contributed by atoms with Crippen molar-refractivity contribution in [2.24, 2.45) is 5.73 Å². The van der Waals surface area contributed by atoms with Crippen molar-refractivity contribution in [3.05, 3.63) is 33.8 Å². The summed E-state index contributed by atoms with van der Waals surface area (Å²) in [7, 11) is 0. The molecule has 0 aliphatic carbocycles. The molecule has 1 aromatic carbocycles. The predicted octanol–water partition coefficient (Wildman–Crippen LogP) is 2.65. The molecule has 3 rings (SSSR count). The van der Waals surface area contributed by atoms with Crippen molar-refractivity contribution in [2.45, 2.75) is 25.3 Å². The van der Waals surface area contributed by atoms with Gasteiger partial charge in [-0.15, -0.1) is 12.4 Å². The van der Waals surface area contributed by atoms with E-state index in [9.17, 15) is 9.59 Å². The Kier molecular flexibility index (Phi) is 8.04. The fourth-order valence-electron chi connectivity index (χ4n) is 3.73. The molecule has 150 valence electrons. The molecular weight excluding hydrogens is 411 g/mol. The minimum Gasteiger partial charge on any atom is -0.351 e. The smallest absolute Gasteiger partial charge is 0.314 e. The number of primary amides is 1. The molecule has 1 unspecified atom stereocenters. The van der Waals surface area contributed by atoms with Crippen LogP contribution in [0.25, 0.3) is 0 Å². The lowest BCUT2D eigenvalue weighted by Crippen LogP contribution is -2.60. The molecule has 2 aliphatic rings. The Morgan fingerprint density at radius 2 is 1.78 bits per heavy atom. The van der Waals surface area contributed by atoms with Crippen LogP contribution in [0.15, 0.2) is 18.2 Å². The van der Waals surface area contributed by atoms with Crippen LogP contribution >= 0.6 is 35.6 Å². The zero-order chi connectivity index (χ0) is 18.7. The molecule has 2 saturated heterocycles. The van der Waals surface area contributed by atoms with E-state index in [2.05, 4.69) is 4.90 Å². The summed E-state index contributed by atoms with van der Waals surface area (Å²) >= 11 is 12.0. The highest BCUT2D eigenvalue weighted by Crippen LogP contribution is 2.23.